The number of hydrogen-bond acceptors (Lipinski definition) is 12. The van der Waals surface area contributed by atoms with E-state index in [2.05, 4.69) is 39.9 Å². The number of nitrogens with zero attached hydrogens (tertiary/aromatic N) is 4. The van der Waals surface area contributed by atoms with E-state index in [-0.39, 0.29) is 70.7 Å². The molecule has 102 heavy (non-hydrogen) atoms. The van der Waals surface area contributed by atoms with Gasteiger partial charge >= 0.3 is 12.1 Å². The molecule has 4 amide bonds. The molecule has 0 saturated carbocycles. The van der Waals surface area contributed by atoms with Gasteiger partial charge in [-0.3, -0.25) is 14.4 Å². The molecule has 0 aliphatic carbocycles. The molecule has 17 heteroatoms. The van der Waals surface area contributed by atoms with E-state index in [0.717, 1.165) is 152 Å². The molecule has 1 unspecified atom stereocenters. The quantitative estimate of drug-likeness (QED) is 0.0541. The van der Waals surface area contributed by atoms with Crippen LogP contribution in [0.15, 0.2) is 146 Å². The van der Waals surface area contributed by atoms with E-state index in [1.165, 1.54) is 0 Å². The first-order chi connectivity index (χ1) is 48.7. The van der Waals surface area contributed by atoms with E-state index in [0.29, 0.717) is 25.8 Å². The summed E-state index contributed by atoms with van der Waals surface area (Å²) in [5.41, 5.74) is 4.03. The standard InChI is InChI=1S/C17H21NO2.2C16H21NO2.C12H23NO3.C9H8O2.C7H15NO.4C2H6/c1-17(15-13-20-15)9-11-18(12-10-17)16(19)8-7-14-5-3-2-4-6-14;2*1-16(13-18)9-11-17(12-10-16)15(19)8-7-14-5-3-2-4-6-14;1-11(2,3)16-10(15)13-7-5-12(4,9-14)6-8-13;10-9(11)7-6-8-4-2-1-3-5-8;1-7(6-9)2-4-8-5-3-7;4*1-2/h2-8,15H,9-13H2,1H3;2*2-8,18H,9-13H2,1H3;14H,5-9H2,1-4H3;1-7H,(H,10,11);8-9H,2-6H2,1H3;4*1-2H3/b3*8-7+;;7-6+;;;;;. The first-order valence-electron chi connectivity index (χ1n) is 37.5. The van der Waals surface area contributed by atoms with Gasteiger partial charge in [0.1, 0.15) is 5.60 Å². The lowest BCUT2D eigenvalue weighted by atomic mass is 9.77. The van der Waals surface area contributed by atoms with Crippen molar-refractivity contribution >= 4 is 54.1 Å². The number of amides is 4. The van der Waals surface area contributed by atoms with Crippen LogP contribution in [0.2, 0.25) is 0 Å². The maximum atomic E-state index is 12.2. The number of aliphatic hydroxyl groups excluding tert-OH is 4. The van der Waals surface area contributed by atoms with Crippen LogP contribution in [0, 0.1) is 27.1 Å². The van der Waals surface area contributed by atoms with Crippen molar-refractivity contribution < 1.29 is 59.0 Å². The van der Waals surface area contributed by atoms with Gasteiger partial charge in [0.15, 0.2) is 0 Å². The number of carbonyl (C=O) groups is 5. The molecule has 6 fully saturated rings. The van der Waals surface area contributed by atoms with Gasteiger partial charge in [-0.05, 0) is 172 Å². The first kappa shape index (κ1) is 92.8. The zero-order valence-corrected chi connectivity index (χ0v) is 65.3. The molecule has 0 spiro atoms. The number of piperidine rings is 5. The van der Waals surface area contributed by atoms with Gasteiger partial charge in [-0.2, -0.15) is 0 Å². The van der Waals surface area contributed by atoms with Crippen LogP contribution in [0.3, 0.4) is 0 Å². The maximum Gasteiger partial charge on any atom is 0.410 e. The van der Waals surface area contributed by atoms with Crippen molar-refractivity contribution in [3.63, 3.8) is 0 Å². The van der Waals surface area contributed by atoms with Gasteiger partial charge in [0.2, 0.25) is 17.7 Å². The Labute approximate surface area is 615 Å². The lowest BCUT2D eigenvalue weighted by Crippen LogP contribution is -2.45. The Bertz CT molecular complexity index is 2910. The Morgan fingerprint density at radius 3 is 0.902 bits per heavy atom. The highest BCUT2D eigenvalue weighted by molar-refractivity contribution is 5.93. The molecule has 4 aromatic carbocycles. The largest absolute Gasteiger partial charge is 0.478 e. The third kappa shape index (κ3) is 37.3. The number of aliphatic hydroxyl groups is 4. The van der Waals surface area contributed by atoms with Crippen LogP contribution >= 0.6 is 0 Å². The summed E-state index contributed by atoms with van der Waals surface area (Å²) < 4.78 is 10.7. The number of likely N-dealkylation sites (tertiary alicyclic amines) is 4. The van der Waals surface area contributed by atoms with Crippen molar-refractivity contribution in [2.24, 2.45) is 27.1 Å². The SMILES string of the molecule is CC.CC.CC.CC.CC1(C2CO2)CCN(C(=O)/C=C/c2ccccc2)CC1.CC1(CO)CCN(C(=O)/C=C/c2ccccc2)CC1.CC1(CO)CCN(C(=O)/C=C/c2ccccc2)CC1.CC1(CO)CCN(C(=O)OC(C)(C)C)CC1.CC1(CO)CCNCC1.O=C(O)/C=C/c1ccccc1. The summed E-state index contributed by atoms with van der Waals surface area (Å²) >= 11 is 0. The lowest BCUT2D eigenvalue weighted by molar-refractivity contribution is -0.131. The Hall–Kier alpha value is -7.25. The average Bonchev–Trinajstić information content (AvgIpc) is 1.63. The van der Waals surface area contributed by atoms with Crippen molar-refractivity contribution in [2.45, 2.75) is 187 Å². The summed E-state index contributed by atoms with van der Waals surface area (Å²) in [5, 5.41) is 48.3. The number of carboxylic acid groups (broad SMARTS) is 1. The van der Waals surface area contributed by atoms with E-state index in [1.54, 1.807) is 29.2 Å². The second-order valence-electron chi connectivity index (χ2n) is 28.4. The summed E-state index contributed by atoms with van der Waals surface area (Å²) in [5.74, 6) is -0.686. The zero-order valence-electron chi connectivity index (χ0n) is 65.3. The summed E-state index contributed by atoms with van der Waals surface area (Å²) in [6.07, 6.45) is 22.9. The fraction of sp³-hybridized carbons (Fsp3) is 0.565. The number of benzene rings is 4. The van der Waals surface area contributed by atoms with E-state index in [9.17, 15) is 39.3 Å². The van der Waals surface area contributed by atoms with Crippen molar-refractivity contribution in [1.29, 1.82) is 0 Å². The van der Waals surface area contributed by atoms with E-state index < -0.39 is 11.6 Å². The lowest BCUT2D eigenvalue weighted by Gasteiger charge is -2.38. The van der Waals surface area contributed by atoms with Gasteiger partial charge in [0, 0.05) is 103 Å². The zero-order chi connectivity index (χ0) is 76.7. The predicted octanol–water partition coefficient (Wildman–Crippen LogP) is 15.6. The summed E-state index contributed by atoms with van der Waals surface area (Å²) in [4.78, 5) is 65.5. The fourth-order valence-corrected chi connectivity index (χ4v) is 11.0. The minimum atomic E-state index is -0.922. The molecule has 0 radical (unpaired) electrons. The van der Waals surface area contributed by atoms with E-state index in [4.69, 9.17) is 19.7 Å². The van der Waals surface area contributed by atoms with Crippen LogP contribution in [-0.4, -0.2) is 185 Å². The molecule has 570 valence electrons. The van der Waals surface area contributed by atoms with E-state index >= 15 is 0 Å². The van der Waals surface area contributed by atoms with Gasteiger partial charge < -0.3 is 59.9 Å². The predicted molar refractivity (Wildman–Crippen MR) is 420 cm³/mol. The molecule has 17 nitrogen and oxygen atoms in total. The van der Waals surface area contributed by atoms with Gasteiger partial charge in [-0.1, -0.05) is 211 Å². The molecule has 1 atom stereocenters. The molecule has 6 aliphatic rings. The highest BCUT2D eigenvalue weighted by Crippen LogP contribution is 2.42. The Morgan fingerprint density at radius 1 is 0.422 bits per heavy atom. The first-order valence-corrected chi connectivity index (χ1v) is 37.5. The molecule has 0 aromatic heterocycles. The molecular weight excluding hydrogens is 1280 g/mol. The minimum absolute atomic E-state index is 0.0140. The van der Waals surface area contributed by atoms with Gasteiger partial charge in [0.05, 0.1) is 12.7 Å². The number of carboxylic acids is 1. The number of rotatable bonds is 13. The van der Waals surface area contributed by atoms with E-state index in [1.807, 2.05) is 230 Å². The molecule has 4 aromatic rings. The number of nitrogens with one attached hydrogen (secondary N) is 1. The van der Waals surface area contributed by atoms with Crippen LogP contribution in [0.1, 0.15) is 197 Å². The second-order valence-corrected chi connectivity index (χ2v) is 28.4. The Balaban J connectivity index is 0.000000609. The van der Waals surface area contributed by atoms with Crippen molar-refractivity contribution in [1.82, 2.24) is 24.9 Å². The van der Waals surface area contributed by atoms with Gasteiger partial charge in [0.25, 0.3) is 0 Å². The summed E-state index contributed by atoms with van der Waals surface area (Å²) in [6.45, 7) is 42.2. The topological polar surface area (TPSA) is 233 Å². The summed E-state index contributed by atoms with van der Waals surface area (Å²) in [7, 11) is 0. The molecule has 6 saturated heterocycles. The number of carbonyl (C=O) groups excluding carboxylic acids is 4. The smallest absolute Gasteiger partial charge is 0.410 e. The van der Waals surface area contributed by atoms with Crippen LogP contribution in [-0.2, 0) is 28.7 Å². The van der Waals surface area contributed by atoms with Crippen LogP contribution < -0.4 is 5.32 Å². The summed E-state index contributed by atoms with van der Waals surface area (Å²) in [6, 6.07) is 38.9. The van der Waals surface area contributed by atoms with Crippen LogP contribution in [0.25, 0.3) is 24.3 Å². The number of ether oxygens (including phenoxy) is 2. The normalized spacial score (nSPS) is 18.7. The number of hydrogen-bond donors (Lipinski definition) is 6. The van der Waals surface area contributed by atoms with Crippen molar-refractivity contribution in [3.8, 4) is 0 Å². The highest BCUT2D eigenvalue weighted by Gasteiger charge is 2.45. The second kappa shape index (κ2) is 50.2. The Kier molecular flexibility index (Phi) is 45.7. The third-order valence-electron chi connectivity index (χ3n) is 18.7. The molecule has 10 rings (SSSR count). The average molecular weight is 1420 g/mol. The van der Waals surface area contributed by atoms with Crippen molar-refractivity contribution in [2.75, 3.05) is 98.5 Å². The highest BCUT2D eigenvalue weighted by atomic mass is 16.6. The van der Waals surface area contributed by atoms with Crippen molar-refractivity contribution in [3.05, 3.63) is 168 Å². The minimum Gasteiger partial charge on any atom is -0.478 e. The maximum absolute atomic E-state index is 12.2. The molecule has 6 N–H and O–H groups in total. The molecule has 0 bridgehead atoms. The van der Waals surface area contributed by atoms with Gasteiger partial charge in [-0.15, -0.1) is 0 Å². The number of epoxide rings is 1. The molecular formula is C85H133N5O12. The number of aliphatic carboxylic acids is 1. The Morgan fingerprint density at radius 2 is 0.667 bits per heavy atom. The molecule has 6 aliphatic heterocycles. The monoisotopic (exact) mass is 1420 g/mol. The van der Waals surface area contributed by atoms with Gasteiger partial charge in [-0.25, -0.2) is 9.59 Å². The van der Waals surface area contributed by atoms with Crippen LogP contribution in [0.4, 0.5) is 4.79 Å². The molecule has 6 heterocycles. The fourth-order valence-electron chi connectivity index (χ4n) is 11.0. The van der Waals surface area contributed by atoms with Crippen LogP contribution in [0.5, 0.6) is 0 Å². The third-order valence-corrected chi connectivity index (χ3v) is 18.7.